The van der Waals surface area contributed by atoms with Gasteiger partial charge in [0.2, 0.25) is 0 Å². The molecule has 3 N–H and O–H groups in total. The molecule has 0 bridgehead atoms. The zero-order chi connectivity index (χ0) is 12.7. The second-order valence-corrected chi connectivity index (χ2v) is 3.57. The van der Waals surface area contributed by atoms with E-state index in [0.29, 0.717) is 23.5 Å². The Morgan fingerprint density at radius 1 is 1.53 bits per heavy atom. The number of methoxy groups -OCH3 is 1. The molecule has 0 aliphatic rings. The number of nitrogens with one attached hydrogen (secondary N) is 1. The van der Waals surface area contributed by atoms with E-state index in [1.807, 2.05) is 19.1 Å². The van der Waals surface area contributed by atoms with E-state index >= 15 is 0 Å². The minimum absolute atomic E-state index is 0.118. The Balaban J connectivity index is 2.62. The Morgan fingerprint density at radius 3 is 2.94 bits per heavy atom. The van der Waals surface area contributed by atoms with Gasteiger partial charge in [-0.15, -0.1) is 0 Å². The van der Waals surface area contributed by atoms with E-state index < -0.39 is 0 Å². The standard InChI is InChI=1S/C13H18N2O2/c1-3-4-5-8-15-13(16)10-6-7-11(14)12(9-10)17-2/h3-4,6-7,9H,5,8,14H2,1-2H3,(H,15,16)/b4-3+. The summed E-state index contributed by atoms with van der Waals surface area (Å²) < 4.78 is 5.06. The van der Waals surface area contributed by atoms with Gasteiger partial charge in [0.15, 0.2) is 0 Å². The van der Waals surface area contributed by atoms with Crippen LogP contribution in [0.3, 0.4) is 0 Å². The van der Waals surface area contributed by atoms with Crippen LogP contribution in [-0.2, 0) is 0 Å². The van der Waals surface area contributed by atoms with E-state index in [-0.39, 0.29) is 5.91 Å². The highest BCUT2D eigenvalue weighted by atomic mass is 16.5. The Labute approximate surface area is 101 Å². The third-order valence-electron chi connectivity index (χ3n) is 2.33. The molecule has 0 aliphatic carbocycles. The molecule has 1 rings (SSSR count). The van der Waals surface area contributed by atoms with Crippen molar-refractivity contribution in [1.29, 1.82) is 0 Å². The van der Waals surface area contributed by atoms with E-state index in [1.54, 1.807) is 18.2 Å². The third-order valence-corrected chi connectivity index (χ3v) is 2.33. The fraction of sp³-hybridized carbons (Fsp3) is 0.308. The maximum atomic E-state index is 11.8. The van der Waals surface area contributed by atoms with Crippen molar-refractivity contribution in [3.63, 3.8) is 0 Å². The molecule has 1 aromatic carbocycles. The summed E-state index contributed by atoms with van der Waals surface area (Å²) in [5.41, 5.74) is 6.75. The molecular formula is C13H18N2O2. The van der Waals surface area contributed by atoms with Crippen molar-refractivity contribution >= 4 is 11.6 Å². The first-order valence-corrected chi connectivity index (χ1v) is 5.52. The molecule has 0 saturated heterocycles. The molecule has 0 atom stereocenters. The number of nitrogen functional groups attached to an aromatic ring is 1. The van der Waals surface area contributed by atoms with Crippen LogP contribution in [0.15, 0.2) is 30.4 Å². The summed E-state index contributed by atoms with van der Waals surface area (Å²) >= 11 is 0. The van der Waals surface area contributed by atoms with Gasteiger partial charge in [0.1, 0.15) is 5.75 Å². The van der Waals surface area contributed by atoms with Gasteiger partial charge < -0.3 is 15.8 Å². The number of amides is 1. The number of nitrogens with two attached hydrogens (primary N) is 1. The van der Waals surface area contributed by atoms with Crippen LogP contribution in [0.1, 0.15) is 23.7 Å². The predicted molar refractivity (Wildman–Crippen MR) is 69.2 cm³/mol. The summed E-state index contributed by atoms with van der Waals surface area (Å²) in [6.45, 7) is 2.57. The summed E-state index contributed by atoms with van der Waals surface area (Å²) in [6.07, 6.45) is 4.79. The van der Waals surface area contributed by atoms with Crippen LogP contribution < -0.4 is 15.8 Å². The fourth-order valence-corrected chi connectivity index (χ4v) is 1.39. The lowest BCUT2D eigenvalue weighted by Gasteiger charge is -2.07. The average Bonchev–Trinajstić information content (AvgIpc) is 2.35. The molecule has 0 heterocycles. The van der Waals surface area contributed by atoms with Gasteiger partial charge in [0, 0.05) is 12.1 Å². The number of hydrogen-bond acceptors (Lipinski definition) is 3. The molecule has 0 unspecified atom stereocenters. The summed E-state index contributed by atoms with van der Waals surface area (Å²) in [5.74, 6) is 0.402. The van der Waals surface area contributed by atoms with Crippen molar-refractivity contribution in [1.82, 2.24) is 5.32 Å². The highest BCUT2D eigenvalue weighted by molar-refractivity contribution is 5.95. The maximum Gasteiger partial charge on any atom is 0.251 e. The third kappa shape index (κ3) is 3.83. The Hall–Kier alpha value is -1.97. The van der Waals surface area contributed by atoms with Crippen LogP contribution in [-0.4, -0.2) is 19.6 Å². The van der Waals surface area contributed by atoms with Crippen molar-refractivity contribution in [2.45, 2.75) is 13.3 Å². The molecule has 0 saturated carbocycles. The summed E-state index contributed by atoms with van der Waals surface area (Å²) in [5, 5.41) is 2.82. The largest absolute Gasteiger partial charge is 0.495 e. The quantitative estimate of drug-likeness (QED) is 0.465. The average molecular weight is 234 g/mol. The lowest BCUT2D eigenvalue weighted by molar-refractivity contribution is 0.0954. The molecular weight excluding hydrogens is 216 g/mol. The first-order chi connectivity index (χ1) is 8.19. The molecule has 4 heteroatoms. The van der Waals surface area contributed by atoms with Gasteiger partial charge in [-0.1, -0.05) is 12.2 Å². The summed E-state index contributed by atoms with van der Waals surface area (Å²) in [6, 6.07) is 4.99. The van der Waals surface area contributed by atoms with Crippen molar-refractivity contribution in [3.8, 4) is 5.75 Å². The number of rotatable bonds is 5. The SMILES string of the molecule is C/C=C/CCNC(=O)c1ccc(N)c(OC)c1. The number of benzene rings is 1. The van der Waals surface area contributed by atoms with Crippen molar-refractivity contribution in [2.75, 3.05) is 19.4 Å². The van der Waals surface area contributed by atoms with Crippen molar-refractivity contribution < 1.29 is 9.53 Å². The molecule has 17 heavy (non-hydrogen) atoms. The molecule has 0 aliphatic heterocycles. The number of anilines is 1. The minimum Gasteiger partial charge on any atom is -0.495 e. The molecule has 0 radical (unpaired) electrons. The second kappa shape index (κ2) is 6.58. The molecule has 4 nitrogen and oxygen atoms in total. The molecule has 1 aromatic rings. The van der Waals surface area contributed by atoms with Gasteiger partial charge >= 0.3 is 0 Å². The van der Waals surface area contributed by atoms with E-state index in [1.165, 1.54) is 7.11 Å². The van der Waals surface area contributed by atoms with Crippen LogP contribution in [0, 0.1) is 0 Å². The van der Waals surface area contributed by atoms with Gasteiger partial charge in [-0.25, -0.2) is 0 Å². The molecule has 0 fully saturated rings. The number of carbonyl (C=O) groups excluding carboxylic acids is 1. The monoisotopic (exact) mass is 234 g/mol. The van der Waals surface area contributed by atoms with Gasteiger partial charge in [-0.05, 0) is 31.5 Å². The second-order valence-electron chi connectivity index (χ2n) is 3.57. The molecule has 0 spiro atoms. The van der Waals surface area contributed by atoms with E-state index in [2.05, 4.69) is 5.32 Å². The highest BCUT2D eigenvalue weighted by Crippen LogP contribution is 2.21. The predicted octanol–water partition coefficient (Wildman–Crippen LogP) is 1.97. The van der Waals surface area contributed by atoms with Gasteiger partial charge in [0.25, 0.3) is 5.91 Å². The highest BCUT2D eigenvalue weighted by Gasteiger charge is 2.07. The Morgan fingerprint density at radius 2 is 2.29 bits per heavy atom. The Bertz CT molecular complexity index is 414. The lowest BCUT2D eigenvalue weighted by atomic mass is 10.1. The maximum absolute atomic E-state index is 11.8. The van der Waals surface area contributed by atoms with Crippen molar-refractivity contribution in [3.05, 3.63) is 35.9 Å². The van der Waals surface area contributed by atoms with Gasteiger partial charge in [-0.2, -0.15) is 0 Å². The van der Waals surface area contributed by atoms with Crippen LogP contribution in [0.25, 0.3) is 0 Å². The van der Waals surface area contributed by atoms with Crippen LogP contribution >= 0.6 is 0 Å². The zero-order valence-corrected chi connectivity index (χ0v) is 10.2. The number of ether oxygens (including phenoxy) is 1. The summed E-state index contributed by atoms with van der Waals surface area (Å²) in [4.78, 5) is 11.8. The topological polar surface area (TPSA) is 64.4 Å². The first kappa shape index (κ1) is 13.1. The van der Waals surface area contributed by atoms with E-state index in [0.717, 1.165) is 6.42 Å². The van der Waals surface area contributed by atoms with E-state index in [4.69, 9.17) is 10.5 Å². The van der Waals surface area contributed by atoms with Crippen LogP contribution in [0.2, 0.25) is 0 Å². The number of carbonyl (C=O) groups is 1. The number of allylic oxidation sites excluding steroid dienone is 1. The van der Waals surface area contributed by atoms with Crippen LogP contribution in [0.5, 0.6) is 5.75 Å². The van der Waals surface area contributed by atoms with Crippen molar-refractivity contribution in [2.24, 2.45) is 0 Å². The van der Waals surface area contributed by atoms with Gasteiger partial charge in [-0.3, -0.25) is 4.79 Å². The fourth-order valence-electron chi connectivity index (χ4n) is 1.39. The number of hydrogen-bond donors (Lipinski definition) is 2. The summed E-state index contributed by atoms with van der Waals surface area (Å²) in [7, 11) is 1.53. The van der Waals surface area contributed by atoms with E-state index in [9.17, 15) is 4.79 Å². The zero-order valence-electron chi connectivity index (χ0n) is 10.2. The molecule has 92 valence electrons. The molecule has 1 amide bonds. The minimum atomic E-state index is -0.118. The normalized spacial score (nSPS) is 10.5. The lowest BCUT2D eigenvalue weighted by Crippen LogP contribution is -2.24. The smallest absolute Gasteiger partial charge is 0.251 e. The Kier molecular flexibility index (Phi) is 5.07. The van der Waals surface area contributed by atoms with Gasteiger partial charge in [0.05, 0.1) is 12.8 Å². The van der Waals surface area contributed by atoms with Crippen LogP contribution in [0.4, 0.5) is 5.69 Å². The first-order valence-electron chi connectivity index (χ1n) is 5.52. The molecule has 0 aromatic heterocycles.